The molecule has 10 nitrogen and oxygen atoms in total. The number of nitrogen functional groups attached to an aromatic ring is 1. The fourth-order valence-corrected chi connectivity index (χ4v) is 4.60. The predicted octanol–water partition coefficient (Wildman–Crippen LogP) is 3.91. The van der Waals surface area contributed by atoms with Gasteiger partial charge in [-0.2, -0.15) is 5.10 Å². The summed E-state index contributed by atoms with van der Waals surface area (Å²) >= 11 is 0. The summed E-state index contributed by atoms with van der Waals surface area (Å²) in [5, 5.41) is 8.32. The molecule has 0 fully saturated rings. The first-order valence-electron chi connectivity index (χ1n) is 12.0. The van der Waals surface area contributed by atoms with Crippen LogP contribution in [0, 0.1) is 5.82 Å². The second-order valence-electron chi connectivity index (χ2n) is 9.48. The number of imidazole rings is 1. The van der Waals surface area contributed by atoms with Crippen LogP contribution in [-0.4, -0.2) is 60.7 Å². The van der Waals surface area contributed by atoms with Gasteiger partial charge in [-0.25, -0.2) is 14.4 Å². The van der Waals surface area contributed by atoms with E-state index in [0.29, 0.717) is 51.7 Å². The van der Waals surface area contributed by atoms with E-state index in [0.717, 1.165) is 22.0 Å². The highest BCUT2D eigenvalue weighted by Crippen LogP contribution is 2.33. The number of nitrogens with zero attached hydrogens (tertiary/aromatic N) is 6. The molecule has 5 aromatic heterocycles. The molecule has 1 atom stereocenters. The van der Waals surface area contributed by atoms with Crippen molar-refractivity contribution >= 4 is 27.8 Å². The van der Waals surface area contributed by atoms with Gasteiger partial charge in [0.2, 0.25) is 0 Å². The number of nitrogens with two attached hydrogens (primary N) is 2. The number of aromatic amines is 2. The molecule has 0 saturated carbocycles. The highest BCUT2D eigenvalue weighted by atomic mass is 19.1. The van der Waals surface area contributed by atoms with E-state index in [1.54, 1.807) is 24.8 Å². The summed E-state index contributed by atoms with van der Waals surface area (Å²) in [6.07, 6.45) is 6.66. The minimum Gasteiger partial charge on any atom is -0.397 e. The number of H-pyrrole nitrogens is 2. The van der Waals surface area contributed by atoms with Gasteiger partial charge < -0.3 is 21.4 Å². The second-order valence-corrected chi connectivity index (χ2v) is 9.48. The molecule has 11 heteroatoms. The molecule has 5 heterocycles. The van der Waals surface area contributed by atoms with Crippen molar-refractivity contribution in [3.8, 4) is 33.9 Å². The van der Waals surface area contributed by atoms with E-state index in [2.05, 4.69) is 30.1 Å². The molecule has 0 aliphatic heterocycles. The fraction of sp³-hybridized carbons (Fsp3) is 0.148. The molecule has 0 radical (unpaired) electrons. The number of hydrogen-bond donors (Lipinski definition) is 4. The molecule has 0 aliphatic rings. The minimum atomic E-state index is -0.356. The van der Waals surface area contributed by atoms with Crippen LogP contribution in [0.4, 0.5) is 10.1 Å². The minimum absolute atomic E-state index is 0.331. The molecule has 1 unspecified atom stereocenters. The number of likely N-dealkylation sites (N-methyl/N-ethyl adjacent to an activating group) is 1. The highest BCUT2D eigenvalue weighted by Gasteiger charge is 2.18. The van der Waals surface area contributed by atoms with Gasteiger partial charge >= 0.3 is 0 Å². The van der Waals surface area contributed by atoms with Crippen molar-refractivity contribution in [2.24, 2.45) is 5.73 Å². The number of benzene rings is 1. The molecule has 0 amide bonds. The average Bonchev–Trinajstić information content (AvgIpc) is 3.51. The van der Waals surface area contributed by atoms with Crippen LogP contribution in [0.3, 0.4) is 0 Å². The Morgan fingerprint density at radius 2 is 1.89 bits per heavy atom. The number of rotatable bonds is 6. The van der Waals surface area contributed by atoms with Gasteiger partial charge in [0.25, 0.3) is 0 Å². The lowest BCUT2D eigenvalue weighted by atomic mass is 9.99. The first kappa shape index (κ1) is 23.6. The summed E-state index contributed by atoms with van der Waals surface area (Å²) in [4.78, 5) is 23.1. The van der Waals surface area contributed by atoms with Gasteiger partial charge in [-0.05, 0) is 61.6 Å². The summed E-state index contributed by atoms with van der Waals surface area (Å²) < 4.78 is 14.7. The van der Waals surface area contributed by atoms with Crippen LogP contribution in [0.25, 0.3) is 56.0 Å². The molecule has 0 aliphatic carbocycles. The Labute approximate surface area is 217 Å². The third-order valence-corrected chi connectivity index (χ3v) is 6.34. The van der Waals surface area contributed by atoms with Gasteiger partial charge in [-0.3, -0.25) is 15.1 Å². The predicted molar refractivity (Wildman–Crippen MR) is 145 cm³/mol. The van der Waals surface area contributed by atoms with Gasteiger partial charge in [0.1, 0.15) is 11.5 Å². The zero-order valence-corrected chi connectivity index (χ0v) is 20.8. The Morgan fingerprint density at radius 3 is 2.71 bits per heavy atom. The van der Waals surface area contributed by atoms with Crippen LogP contribution in [0.15, 0.2) is 61.2 Å². The maximum atomic E-state index is 14.7. The zero-order chi connectivity index (χ0) is 26.4. The first-order chi connectivity index (χ1) is 18.4. The van der Waals surface area contributed by atoms with Crippen LogP contribution in [0.5, 0.6) is 0 Å². The Kier molecular flexibility index (Phi) is 5.78. The molecular formula is C27H25FN10. The van der Waals surface area contributed by atoms with Crippen LogP contribution in [0.1, 0.15) is 11.6 Å². The topological polar surface area (TPSA) is 151 Å². The Hall–Kier alpha value is -4.74. The maximum Gasteiger partial charge on any atom is 0.178 e. The molecular weight excluding hydrogens is 483 g/mol. The summed E-state index contributed by atoms with van der Waals surface area (Å²) in [6.45, 7) is 0.595. The third kappa shape index (κ3) is 4.33. The molecule has 1 aromatic carbocycles. The fourth-order valence-electron chi connectivity index (χ4n) is 4.60. The van der Waals surface area contributed by atoms with Gasteiger partial charge in [0.05, 0.1) is 28.6 Å². The van der Waals surface area contributed by atoms with E-state index < -0.39 is 0 Å². The lowest BCUT2D eigenvalue weighted by molar-refractivity contribution is 0.376. The van der Waals surface area contributed by atoms with E-state index >= 15 is 0 Å². The zero-order valence-electron chi connectivity index (χ0n) is 20.8. The molecule has 0 bridgehead atoms. The van der Waals surface area contributed by atoms with Crippen LogP contribution in [0.2, 0.25) is 0 Å². The SMILES string of the molecule is CN(C)CC(N)c1cc(F)cc(-c2ccnc3nc(-c4n[nH]c5cnc(-c6cncc(N)c6)cc45)[nH]c23)c1. The molecule has 6 N–H and O–H groups in total. The monoisotopic (exact) mass is 508 g/mol. The third-order valence-electron chi connectivity index (χ3n) is 6.34. The molecule has 190 valence electrons. The average molecular weight is 509 g/mol. The largest absolute Gasteiger partial charge is 0.397 e. The number of fused-ring (bicyclic) bond motifs is 2. The number of anilines is 1. The van der Waals surface area contributed by atoms with Gasteiger partial charge in [-0.1, -0.05) is 0 Å². The number of aromatic nitrogens is 7. The van der Waals surface area contributed by atoms with Crippen LogP contribution in [-0.2, 0) is 0 Å². The van der Waals surface area contributed by atoms with E-state index in [1.165, 1.54) is 12.1 Å². The summed E-state index contributed by atoms with van der Waals surface area (Å²) in [6, 6.07) is 10.1. The number of hydrogen-bond acceptors (Lipinski definition) is 8. The van der Waals surface area contributed by atoms with E-state index in [-0.39, 0.29) is 11.9 Å². The Balaban J connectivity index is 1.44. The van der Waals surface area contributed by atoms with Crippen molar-refractivity contribution < 1.29 is 4.39 Å². The van der Waals surface area contributed by atoms with Crippen molar-refractivity contribution in [2.45, 2.75) is 6.04 Å². The van der Waals surface area contributed by atoms with Crippen molar-refractivity contribution in [1.29, 1.82) is 0 Å². The van der Waals surface area contributed by atoms with Gasteiger partial charge in [0.15, 0.2) is 11.5 Å². The summed E-state index contributed by atoms with van der Waals surface area (Å²) in [5.41, 5.74) is 19.0. The van der Waals surface area contributed by atoms with Crippen molar-refractivity contribution in [1.82, 2.24) is 40.0 Å². The second kappa shape index (κ2) is 9.29. The molecule has 0 saturated heterocycles. The van der Waals surface area contributed by atoms with Gasteiger partial charge in [-0.15, -0.1) is 0 Å². The molecule has 38 heavy (non-hydrogen) atoms. The maximum absolute atomic E-state index is 14.7. The Morgan fingerprint density at radius 1 is 1.03 bits per heavy atom. The first-order valence-corrected chi connectivity index (χ1v) is 12.0. The standard InChI is InChI=1S/C27H25FN10/c1-38(2)13-21(30)15-5-14(6-17(28)7-15)19-3-4-32-26-24(19)34-27(35-26)25-20-9-22(33-12-23(20)36-37-25)16-8-18(29)11-31-10-16/h3-12,21H,13,29-30H2,1-2H3,(H,36,37)(H,32,34,35). The Bertz CT molecular complexity index is 1790. The number of halogens is 1. The quantitative estimate of drug-likeness (QED) is 0.264. The highest BCUT2D eigenvalue weighted by molar-refractivity contribution is 5.96. The smallest absolute Gasteiger partial charge is 0.178 e. The van der Waals surface area contributed by atoms with Gasteiger partial charge in [0, 0.05) is 47.7 Å². The summed E-state index contributed by atoms with van der Waals surface area (Å²) in [7, 11) is 3.87. The molecule has 6 rings (SSSR count). The lowest BCUT2D eigenvalue weighted by Gasteiger charge is -2.18. The number of pyridine rings is 3. The summed E-state index contributed by atoms with van der Waals surface area (Å²) in [5.74, 6) is 0.167. The van der Waals surface area contributed by atoms with E-state index in [9.17, 15) is 4.39 Å². The number of nitrogens with one attached hydrogen (secondary N) is 2. The van der Waals surface area contributed by atoms with Crippen molar-refractivity contribution in [3.63, 3.8) is 0 Å². The normalized spacial score (nSPS) is 12.6. The van der Waals surface area contributed by atoms with Crippen LogP contribution >= 0.6 is 0 Å². The van der Waals surface area contributed by atoms with Crippen LogP contribution < -0.4 is 11.5 Å². The van der Waals surface area contributed by atoms with Crippen molar-refractivity contribution in [2.75, 3.05) is 26.4 Å². The lowest BCUT2D eigenvalue weighted by Crippen LogP contribution is -2.26. The molecule has 6 aromatic rings. The molecule has 0 spiro atoms. The van der Waals surface area contributed by atoms with E-state index in [1.807, 2.05) is 43.3 Å². The van der Waals surface area contributed by atoms with Crippen molar-refractivity contribution in [3.05, 3.63) is 72.6 Å². The van der Waals surface area contributed by atoms with E-state index in [4.69, 9.17) is 16.5 Å².